The van der Waals surface area contributed by atoms with Gasteiger partial charge in [0.1, 0.15) is 0 Å². The van der Waals surface area contributed by atoms with E-state index in [-0.39, 0.29) is 56.6 Å². The normalized spacial score (nSPS) is 11.7. The summed E-state index contributed by atoms with van der Waals surface area (Å²) in [6.07, 6.45) is 3.27. The molecule has 3 unspecified atom stereocenters. The predicted octanol–water partition coefficient (Wildman–Crippen LogP) is -4.92. The van der Waals surface area contributed by atoms with Gasteiger partial charge in [-0.3, -0.25) is 0 Å². The largest absolute Gasteiger partial charge is 1.00 e. The smallest absolute Gasteiger partial charge is 0.750 e. The van der Waals surface area contributed by atoms with Crippen LogP contribution in [0, 0.1) is 20.8 Å². The van der Waals surface area contributed by atoms with Crippen LogP contribution in [-0.4, -0.2) is 39.9 Å². The second kappa shape index (κ2) is 27.2. The van der Waals surface area contributed by atoms with Crippen LogP contribution >= 0.6 is 7.92 Å². The molecule has 0 bridgehead atoms. The fourth-order valence-electron chi connectivity index (χ4n) is 3.95. The molecule has 3 atom stereocenters. The standard InChI is InChI=1S/C27H33P.3Li.3H2O3S/c1-7-22-10-13-25(19(4)16-22)28(26-14-11-23(8-2)17-20(26)5)27-15-12-24(9-3)18-21(27)6;;;;3*1-4(2)3/h10-18H,7-9H2,1-6H3;;;;3*(H2,1,2,3)/q;3*+1;;;/p-3. The van der Waals surface area contributed by atoms with Gasteiger partial charge in [-0.05, 0) is 97.2 Å². The molecule has 0 fully saturated rings. The van der Waals surface area contributed by atoms with Crippen molar-refractivity contribution in [1.29, 1.82) is 0 Å². The molecule has 0 radical (unpaired) electrons. The summed E-state index contributed by atoms with van der Waals surface area (Å²) in [5.41, 5.74) is 8.53. The van der Waals surface area contributed by atoms with Crippen LogP contribution in [0.15, 0.2) is 54.6 Å². The third kappa shape index (κ3) is 20.8. The molecular weight excluding hydrogens is 616 g/mol. The first-order chi connectivity index (χ1) is 18.7. The number of aryl methyl sites for hydroxylation is 6. The van der Waals surface area contributed by atoms with Crippen LogP contribution < -0.4 is 72.5 Å². The third-order valence-electron chi connectivity index (χ3n) is 5.73. The van der Waals surface area contributed by atoms with E-state index in [1.807, 2.05) is 0 Å². The summed E-state index contributed by atoms with van der Waals surface area (Å²) in [4.78, 5) is 0. The quantitative estimate of drug-likeness (QED) is 0.134. The van der Waals surface area contributed by atoms with Gasteiger partial charge in [-0.1, -0.05) is 75.4 Å². The van der Waals surface area contributed by atoms with Crippen LogP contribution in [0.1, 0.15) is 54.2 Å². The summed E-state index contributed by atoms with van der Waals surface area (Å²) >= 11 is -8.58. The van der Waals surface area contributed by atoms with E-state index in [9.17, 15) is 0 Å². The molecule has 0 saturated carbocycles. The molecular formula is C27H36Li3O9PS3. The Labute approximate surface area is 300 Å². The van der Waals surface area contributed by atoms with Gasteiger partial charge in [-0.15, -0.1) is 0 Å². The molecule has 224 valence electrons. The molecule has 0 saturated heterocycles. The molecule has 3 N–H and O–H groups in total. The van der Waals surface area contributed by atoms with Gasteiger partial charge in [0.25, 0.3) is 0 Å². The minimum Gasteiger partial charge on any atom is -0.750 e. The Morgan fingerprint density at radius 2 is 0.721 bits per heavy atom. The molecule has 0 spiro atoms. The second-order valence-corrected chi connectivity index (χ2v) is 11.8. The van der Waals surface area contributed by atoms with E-state index >= 15 is 0 Å². The van der Waals surface area contributed by atoms with Crippen LogP contribution in [0.3, 0.4) is 0 Å². The van der Waals surface area contributed by atoms with E-state index < -0.39 is 42.0 Å². The zero-order chi connectivity index (χ0) is 31.0. The molecule has 3 aromatic rings. The third-order valence-corrected chi connectivity index (χ3v) is 8.68. The average Bonchev–Trinajstić information content (AvgIpc) is 2.85. The molecule has 16 heteroatoms. The summed E-state index contributed by atoms with van der Waals surface area (Å²) in [6, 6.07) is 21.3. The van der Waals surface area contributed by atoms with Crippen molar-refractivity contribution < 1.29 is 96.5 Å². The summed E-state index contributed by atoms with van der Waals surface area (Å²) in [5.74, 6) is 0. The fourth-order valence-corrected chi connectivity index (χ4v) is 6.66. The van der Waals surface area contributed by atoms with E-state index in [4.69, 9.17) is 39.9 Å². The van der Waals surface area contributed by atoms with Gasteiger partial charge in [-0.25, -0.2) is 12.6 Å². The van der Waals surface area contributed by atoms with Crippen LogP contribution in [0.2, 0.25) is 0 Å². The number of benzene rings is 3. The summed E-state index contributed by atoms with van der Waals surface area (Å²) in [7, 11) is -0.561. The van der Waals surface area contributed by atoms with Crippen molar-refractivity contribution in [1.82, 2.24) is 0 Å². The molecule has 0 aliphatic carbocycles. The van der Waals surface area contributed by atoms with Crippen LogP contribution in [0.5, 0.6) is 0 Å². The SMILES string of the molecule is CCc1ccc(P(c2ccc(CC)cc2C)c2ccc(CC)cc2C)c(C)c1.O=S([O-])O.O=S([O-])O.O=S([O-])O.[Li+].[Li+].[Li+]. The van der Waals surface area contributed by atoms with Crippen molar-refractivity contribution in [2.75, 3.05) is 0 Å². The molecule has 0 aliphatic rings. The Bertz CT molecular complexity index is 1130. The van der Waals surface area contributed by atoms with Gasteiger partial charge in [0.15, 0.2) is 0 Å². The van der Waals surface area contributed by atoms with Crippen molar-refractivity contribution >= 4 is 57.9 Å². The second-order valence-electron chi connectivity index (χ2n) is 8.41. The monoisotopic (exact) mass is 652 g/mol. The summed E-state index contributed by atoms with van der Waals surface area (Å²) < 4.78 is 72.2. The predicted molar refractivity (Wildman–Crippen MR) is 162 cm³/mol. The van der Waals surface area contributed by atoms with Gasteiger partial charge in [-0.2, -0.15) is 0 Å². The molecule has 9 nitrogen and oxygen atoms in total. The van der Waals surface area contributed by atoms with E-state index in [2.05, 4.69) is 96.1 Å². The molecule has 0 aliphatic heterocycles. The van der Waals surface area contributed by atoms with Crippen LogP contribution in [0.25, 0.3) is 0 Å². The zero-order valence-electron chi connectivity index (χ0n) is 26.3. The fraction of sp³-hybridized carbons (Fsp3) is 0.333. The van der Waals surface area contributed by atoms with Crippen molar-refractivity contribution in [2.24, 2.45) is 0 Å². The van der Waals surface area contributed by atoms with Gasteiger partial charge < -0.3 is 27.3 Å². The van der Waals surface area contributed by atoms with E-state index in [0.29, 0.717) is 0 Å². The topological polar surface area (TPSA) is 181 Å². The summed E-state index contributed by atoms with van der Waals surface area (Å²) in [6.45, 7) is 13.6. The molecule has 0 aromatic heterocycles. The number of rotatable bonds is 6. The number of hydrogen-bond donors (Lipinski definition) is 3. The molecule has 43 heavy (non-hydrogen) atoms. The molecule has 3 rings (SSSR count). The average molecular weight is 653 g/mol. The van der Waals surface area contributed by atoms with Gasteiger partial charge in [0, 0.05) is 0 Å². The van der Waals surface area contributed by atoms with Crippen molar-refractivity contribution in [3.8, 4) is 0 Å². The van der Waals surface area contributed by atoms with Crippen molar-refractivity contribution in [3.05, 3.63) is 88.0 Å². The van der Waals surface area contributed by atoms with Gasteiger partial charge in [0.2, 0.25) is 0 Å². The maximum atomic E-state index is 8.56. The van der Waals surface area contributed by atoms with Crippen molar-refractivity contribution in [3.63, 3.8) is 0 Å². The zero-order valence-corrected chi connectivity index (χ0v) is 29.6. The van der Waals surface area contributed by atoms with E-state index in [1.54, 1.807) is 0 Å². The summed E-state index contributed by atoms with van der Waals surface area (Å²) in [5, 5.41) is 4.48. The Morgan fingerprint density at radius 3 is 0.860 bits per heavy atom. The van der Waals surface area contributed by atoms with Crippen LogP contribution in [-0.2, 0) is 53.3 Å². The minimum atomic E-state index is -2.86. The maximum Gasteiger partial charge on any atom is 1.00 e. The Morgan fingerprint density at radius 1 is 0.535 bits per heavy atom. The first-order valence-corrected chi connectivity index (χ1v) is 16.6. The van der Waals surface area contributed by atoms with E-state index in [1.165, 1.54) is 49.3 Å². The molecule has 0 heterocycles. The van der Waals surface area contributed by atoms with Gasteiger partial charge >= 0.3 is 56.6 Å². The van der Waals surface area contributed by atoms with Crippen molar-refractivity contribution in [2.45, 2.75) is 60.8 Å². The Hall–Kier alpha value is 0.0922. The Balaban J connectivity index is -0.000000435. The van der Waals surface area contributed by atoms with E-state index in [0.717, 1.165) is 19.3 Å². The maximum absolute atomic E-state index is 8.56. The first-order valence-electron chi connectivity index (χ1n) is 12.1. The Kier molecular flexibility index (Phi) is 31.6. The first kappa shape index (κ1) is 50.0. The molecule has 0 amide bonds. The van der Waals surface area contributed by atoms with Gasteiger partial charge in [0.05, 0.1) is 34.1 Å². The number of hydrogen-bond acceptors (Lipinski definition) is 6. The van der Waals surface area contributed by atoms with Crippen LogP contribution in [0.4, 0.5) is 0 Å². The molecule has 3 aromatic carbocycles. The minimum absolute atomic E-state index is 0.